The van der Waals surface area contributed by atoms with Gasteiger partial charge in [0.15, 0.2) is 0 Å². The van der Waals surface area contributed by atoms with Crippen molar-refractivity contribution in [1.29, 1.82) is 0 Å². The van der Waals surface area contributed by atoms with Crippen molar-refractivity contribution in [1.82, 2.24) is 15.5 Å². The molecule has 1 atom stereocenters. The molecule has 24 heavy (non-hydrogen) atoms. The van der Waals surface area contributed by atoms with E-state index in [9.17, 15) is 9.59 Å². The summed E-state index contributed by atoms with van der Waals surface area (Å²) in [6.07, 6.45) is 4.61. The number of hydrogen-bond donors (Lipinski definition) is 2. The van der Waals surface area contributed by atoms with E-state index in [4.69, 9.17) is 0 Å². The van der Waals surface area contributed by atoms with Gasteiger partial charge in [0.05, 0.1) is 5.92 Å². The summed E-state index contributed by atoms with van der Waals surface area (Å²) in [5, 5.41) is 5.91. The molecule has 128 valence electrons. The van der Waals surface area contributed by atoms with Crippen molar-refractivity contribution >= 4 is 11.8 Å². The molecule has 2 N–H and O–H groups in total. The summed E-state index contributed by atoms with van der Waals surface area (Å²) in [6, 6.07) is 7.16. The average molecular weight is 327 g/mol. The van der Waals surface area contributed by atoms with Crippen molar-refractivity contribution in [3.8, 4) is 0 Å². The molecule has 2 fully saturated rings. The van der Waals surface area contributed by atoms with Gasteiger partial charge in [0.2, 0.25) is 11.8 Å². The molecule has 3 aliphatic rings. The zero-order valence-electron chi connectivity index (χ0n) is 14.0. The zero-order chi connectivity index (χ0) is 16.5. The van der Waals surface area contributed by atoms with Crippen molar-refractivity contribution < 1.29 is 9.59 Å². The van der Waals surface area contributed by atoms with Crippen LogP contribution in [0.4, 0.5) is 0 Å². The number of piperidine rings is 2. The summed E-state index contributed by atoms with van der Waals surface area (Å²) >= 11 is 0. The van der Waals surface area contributed by atoms with Crippen molar-refractivity contribution in [3.63, 3.8) is 0 Å². The van der Waals surface area contributed by atoms with Crippen LogP contribution in [0.2, 0.25) is 0 Å². The maximum Gasteiger partial charge on any atom is 0.234 e. The van der Waals surface area contributed by atoms with Gasteiger partial charge >= 0.3 is 0 Å². The van der Waals surface area contributed by atoms with E-state index in [0.29, 0.717) is 18.9 Å². The predicted molar refractivity (Wildman–Crippen MR) is 91.6 cm³/mol. The highest BCUT2D eigenvalue weighted by molar-refractivity contribution is 6.00. The van der Waals surface area contributed by atoms with Crippen LogP contribution in [0.3, 0.4) is 0 Å². The van der Waals surface area contributed by atoms with E-state index < -0.39 is 0 Å². The van der Waals surface area contributed by atoms with Crippen LogP contribution >= 0.6 is 0 Å². The maximum absolute atomic E-state index is 12.1. The van der Waals surface area contributed by atoms with Crippen molar-refractivity contribution in [2.75, 3.05) is 19.6 Å². The fraction of sp³-hybridized carbons (Fsp3) is 0.579. The molecular formula is C19H25N3O2. The normalized spacial score (nSPS) is 26.1. The second kappa shape index (κ2) is 6.65. The first-order valence-corrected chi connectivity index (χ1v) is 9.11. The number of carbonyl (C=O) groups is 2. The number of nitrogens with one attached hydrogen (secondary N) is 2. The molecule has 0 aromatic heterocycles. The Morgan fingerprint density at radius 1 is 1.00 bits per heavy atom. The first-order valence-electron chi connectivity index (χ1n) is 9.11. The van der Waals surface area contributed by atoms with E-state index >= 15 is 0 Å². The SMILES string of the molecule is O=C1CCC(c2ccc3c(c2)CN(C2CCNCC2)CC3)C(=O)N1. The van der Waals surface area contributed by atoms with Gasteiger partial charge in [0.25, 0.3) is 0 Å². The molecule has 0 radical (unpaired) electrons. The Morgan fingerprint density at radius 2 is 1.83 bits per heavy atom. The Bertz CT molecular complexity index is 652. The Kier molecular flexibility index (Phi) is 4.37. The van der Waals surface area contributed by atoms with Crippen molar-refractivity contribution in [2.45, 2.75) is 50.6 Å². The molecule has 1 aromatic carbocycles. The molecule has 0 aliphatic carbocycles. The number of hydrogen-bond acceptors (Lipinski definition) is 4. The van der Waals surface area contributed by atoms with Gasteiger partial charge in [0, 0.05) is 25.6 Å². The molecular weight excluding hydrogens is 302 g/mol. The minimum absolute atomic E-state index is 0.141. The van der Waals surface area contributed by atoms with Crippen molar-refractivity contribution in [2.24, 2.45) is 0 Å². The predicted octanol–water partition coefficient (Wildman–Crippen LogP) is 1.32. The van der Waals surface area contributed by atoms with Gasteiger partial charge in [-0.2, -0.15) is 0 Å². The lowest BCUT2D eigenvalue weighted by atomic mass is 9.87. The highest BCUT2D eigenvalue weighted by Crippen LogP contribution is 2.30. The summed E-state index contributed by atoms with van der Waals surface area (Å²) in [5.74, 6) is -0.467. The Hall–Kier alpha value is -1.72. The lowest BCUT2D eigenvalue weighted by molar-refractivity contribution is -0.134. The van der Waals surface area contributed by atoms with E-state index in [2.05, 4.69) is 33.7 Å². The van der Waals surface area contributed by atoms with Gasteiger partial charge < -0.3 is 5.32 Å². The quantitative estimate of drug-likeness (QED) is 0.804. The number of carbonyl (C=O) groups excluding carboxylic acids is 2. The second-order valence-corrected chi connectivity index (χ2v) is 7.23. The number of benzene rings is 1. The second-order valence-electron chi connectivity index (χ2n) is 7.23. The van der Waals surface area contributed by atoms with Crippen molar-refractivity contribution in [3.05, 3.63) is 34.9 Å². The molecule has 2 amide bonds. The van der Waals surface area contributed by atoms with Crippen LogP contribution in [0.1, 0.15) is 48.3 Å². The van der Waals surface area contributed by atoms with Crippen LogP contribution in [0.5, 0.6) is 0 Å². The fourth-order valence-corrected chi connectivity index (χ4v) is 4.31. The third kappa shape index (κ3) is 3.10. The van der Waals surface area contributed by atoms with Gasteiger partial charge in [-0.25, -0.2) is 0 Å². The fourth-order valence-electron chi connectivity index (χ4n) is 4.31. The molecule has 3 aliphatic heterocycles. The van der Waals surface area contributed by atoms with Crippen LogP contribution in [0.15, 0.2) is 18.2 Å². The first kappa shape index (κ1) is 15.8. The van der Waals surface area contributed by atoms with E-state index in [1.807, 2.05) is 0 Å². The average Bonchev–Trinajstić information content (AvgIpc) is 2.61. The third-order valence-electron chi connectivity index (χ3n) is 5.74. The number of fused-ring (bicyclic) bond motifs is 1. The molecule has 1 aromatic rings. The van der Waals surface area contributed by atoms with Gasteiger partial charge in [-0.05, 0) is 55.5 Å². The molecule has 5 heteroatoms. The molecule has 3 heterocycles. The summed E-state index contributed by atoms with van der Waals surface area (Å²) < 4.78 is 0. The monoisotopic (exact) mass is 327 g/mol. The molecule has 0 bridgehead atoms. The Morgan fingerprint density at radius 3 is 2.62 bits per heavy atom. The Balaban J connectivity index is 1.52. The van der Waals surface area contributed by atoms with Crippen LogP contribution < -0.4 is 10.6 Å². The highest BCUT2D eigenvalue weighted by Gasteiger charge is 2.30. The maximum atomic E-state index is 12.1. The minimum Gasteiger partial charge on any atom is -0.317 e. The molecule has 2 saturated heterocycles. The topological polar surface area (TPSA) is 61.4 Å². The molecule has 5 nitrogen and oxygen atoms in total. The van der Waals surface area contributed by atoms with Gasteiger partial charge in [-0.15, -0.1) is 0 Å². The van der Waals surface area contributed by atoms with Crippen LogP contribution in [0, 0.1) is 0 Å². The van der Waals surface area contributed by atoms with Gasteiger partial charge in [-0.3, -0.25) is 19.8 Å². The first-order chi connectivity index (χ1) is 11.7. The van der Waals surface area contributed by atoms with E-state index in [0.717, 1.165) is 38.2 Å². The third-order valence-corrected chi connectivity index (χ3v) is 5.74. The molecule has 1 unspecified atom stereocenters. The summed E-state index contributed by atoms with van der Waals surface area (Å²) in [7, 11) is 0. The number of imide groups is 1. The summed E-state index contributed by atoms with van der Waals surface area (Å²) in [6.45, 7) is 4.35. The van der Waals surface area contributed by atoms with E-state index in [-0.39, 0.29) is 17.7 Å². The summed E-state index contributed by atoms with van der Waals surface area (Å²) in [4.78, 5) is 26.1. The molecule has 0 saturated carbocycles. The summed E-state index contributed by atoms with van der Waals surface area (Å²) in [5.41, 5.74) is 3.84. The highest BCUT2D eigenvalue weighted by atomic mass is 16.2. The molecule has 4 rings (SSSR count). The smallest absolute Gasteiger partial charge is 0.234 e. The number of rotatable bonds is 2. The molecule has 0 spiro atoms. The number of nitrogens with zero attached hydrogens (tertiary/aromatic N) is 1. The number of amides is 2. The lowest BCUT2D eigenvalue weighted by Gasteiger charge is -2.38. The van der Waals surface area contributed by atoms with E-state index in [1.54, 1.807) is 0 Å². The van der Waals surface area contributed by atoms with Crippen LogP contribution in [-0.2, 0) is 22.6 Å². The van der Waals surface area contributed by atoms with Gasteiger partial charge in [0.1, 0.15) is 0 Å². The Labute approximate surface area is 142 Å². The van der Waals surface area contributed by atoms with Gasteiger partial charge in [-0.1, -0.05) is 18.2 Å². The lowest BCUT2D eigenvalue weighted by Crippen LogP contribution is -2.45. The minimum atomic E-state index is -0.178. The standard InChI is InChI=1S/C19H25N3O2/c23-18-4-3-17(19(24)21-18)14-2-1-13-7-10-22(12-15(13)11-14)16-5-8-20-9-6-16/h1-2,11,16-17,20H,3-10,12H2,(H,21,23,24). The van der Waals surface area contributed by atoms with Crippen LogP contribution in [-0.4, -0.2) is 42.4 Å². The largest absolute Gasteiger partial charge is 0.317 e. The zero-order valence-corrected chi connectivity index (χ0v) is 14.0. The van der Waals surface area contributed by atoms with E-state index in [1.165, 1.54) is 24.0 Å². The van der Waals surface area contributed by atoms with Crippen LogP contribution in [0.25, 0.3) is 0 Å².